The summed E-state index contributed by atoms with van der Waals surface area (Å²) in [5, 5.41) is 25.2. The number of aromatic hydroxyl groups is 1. The minimum atomic E-state index is -1.21. The van der Waals surface area contributed by atoms with E-state index in [1.54, 1.807) is 39.1 Å². The Balaban J connectivity index is 1.78. The zero-order valence-corrected chi connectivity index (χ0v) is 19.3. The van der Waals surface area contributed by atoms with Crippen molar-refractivity contribution in [3.63, 3.8) is 0 Å². The van der Waals surface area contributed by atoms with Crippen LogP contribution >= 0.6 is 0 Å². The van der Waals surface area contributed by atoms with Gasteiger partial charge in [-0.15, -0.1) is 0 Å². The molecule has 34 heavy (non-hydrogen) atoms. The first-order valence-electron chi connectivity index (χ1n) is 10.9. The number of para-hydroxylation sites is 1. The molecule has 0 unspecified atom stereocenters. The maximum atomic E-state index is 13.1. The van der Waals surface area contributed by atoms with Crippen molar-refractivity contribution in [3.05, 3.63) is 65.9 Å². The number of aromatic amines is 1. The molecule has 5 N–H and O–H groups in total. The number of amides is 2. The van der Waals surface area contributed by atoms with Crippen LogP contribution in [-0.2, 0) is 27.2 Å². The van der Waals surface area contributed by atoms with Crippen molar-refractivity contribution in [1.29, 1.82) is 0 Å². The Morgan fingerprint density at radius 2 is 1.65 bits per heavy atom. The van der Waals surface area contributed by atoms with Crippen LogP contribution < -0.4 is 10.6 Å². The number of fused-ring (bicyclic) bond motifs is 1. The van der Waals surface area contributed by atoms with Gasteiger partial charge in [0.2, 0.25) is 5.91 Å². The molecule has 0 radical (unpaired) electrons. The van der Waals surface area contributed by atoms with E-state index in [0.29, 0.717) is 5.56 Å². The molecule has 0 fully saturated rings. The van der Waals surface area contributed by atoms with Gasteiger partial charge in [-0.25, -0.2) is 9.59 Å². The summed E-state index contributed by atoms with van der Waals surface area (Å²) < 4.78 is 5.27. The number of aliphatic carboxylic acids is 1. The maximum absolute atomic E-state index is 13.1. The first-order chi connectivity index (χ1) is 16.0. The predicted molar refractivity (Wildman–Crippen MR) is 127 cm³/mol. The lowest BCUT2D eigenvalue weighted by Crippen LogP contribution is -2.53. The van der Waals surface area contributed by atoms with Crippen LogP contribution in [0.2, 0.25) is 0 Å². The summed E-state index contributed by atoms with van der Waals surface area (Å²) >= 11 is 0. The van der Waals surface area contributed by atoms with E-state index >= 15 is 0 Å². The highest BCUT2D eigenvalue weighted by Crippen LogP contribution is 2.19. The monoisotopic (exact) mass is 467 g/mol. The number of carboxylic acid groups (broad SMARTS) is 1. The van der Waals surface area contributed by atoms with Gasteiger partial charge in [-0.05, 0) is 50.1 Å². The Bertz CT molecular complexity index is 1160. The molecule has 0 aliphatic rings. The van der Waals surface area contributed by atoms with Crippen LogP contribution in [0.5, 0.6) is 5.75 Å². The molecule has 9 heteroatoms. The Morgan fingerprint density at radius 3 is 2.29 bits per heavy atom. The Hall–Kier alpha value is -4.01. The van der Waals surface area contributed by atoms with Crippen LogP contribution in [0.4, 0.5) is 4.79 Å². The number of hydrogen-bond donors (Lipinski definition) is 5. The number of carboxylic acids is 1. The first-order valence-corrected chi connectivity index (χ1v) is 10.9. The van der Waals surface area contributed by atoms with E-state index in [9.17, 15) is 24.6 Å². The summed E-state index contributed by atoms with van der Waals surface area (Å²) in [5.41, 5.74) is 1.50. The molecule has 2 aromatic carbocycles. The quantitative estimate of drug-likeness (QED) is 0.345. The molecule has 2 atom stereocenters. The van der Waals surface area contributed by atoms with Gasteiger partial charge in [0.1, 0.15) is 23.4 Å². The van der Waals surface area contributed by atoms with Gasteiger partial charge in [0.05, 0.1) is 0 Å². The van der Waals surface area contributed by atoms with E-state index in [0.717, 1.165) is 16.5 Å². The summed E-state index contributed by atoms with van der Waals surface area (Å²) in [6.45, 7) is 5.09. The van der Waals surface area contributed by atoms with Gasteiger partial charge in [-0.3, -0.25) is 4.79 Å². The Labute approximate surface area is 197 Å². The Kier molecular flexibility index (Phi) is 7.45. The molecule has 3 aromatic rings. The minimum absolute atomic E-state index is 0.0590. The first kappa shape index (κ1) is 24.6. The number of H-pyrrole nitrogens is 1. The van der Waals surface area contributed by atoms with Crippen LogP contribution in [0.15, 0.2) is 54.7 Å². The molecular weight excluding hydrogens is 438 g/mol. The Morgan fingerprint density at radius 1 is 0.971 bits per heavy atom. The third-order valence-corrected chi connectivity index (χ3v) is 5.10. The highest BCUT2D eigenvalue weighted by atomic mass is 16.6. The topological polar surface area (TPSA) is 141 Å². The summed E-state index contributed by atoms with van der Waals surface area (Å²) in [6, 6.07) is 11.3. The molecular formula is C25H29N3O6. The van der Waals surface area contributed by atoms with Crippen molar-refractivity contribution >= 4 is 28.9 Å². The summed E-state index contributed by atoms with van der Waals surface area (Å²) in [5.74, 6) is -1.79. The second-order valence-electron chi connectivity index (χ2n) is 9.03. The van der Waals surface area contributed by atoms with E-state index in [1.807, 2.05) is 24.3 Å². The van der Waals surface area contributed by atoms with Crippen LogP contribution in [0.1, 0.15) is 31.9 Å². The van der Waals surface area contributed by atoms with E-state index < -0.39 is 35.7 Å². The predicted octanol–water partition coefficient (Wildman–Crippen LogP) is 3.12. The zero-order valence-electron chi connectivity index (χ0n) is 19.3. The molecule has 0 saturated heterocycles. The van der Waals surface area contributed by atoms with E-state index in [2.05, 4.69) is 15.6 Å². The number of phenols is 1. The highest BCUT2D eigenvalue weighted by molar-refractivity contribution is 5.90. The normalized spacial score (nSPS) is 13.1. The number of carbonyl (C=O) groups is 3. The number of benzene rings is 2. The van der Waals surface area contributed by atoms with Crippen molar-refractivity contribution in [2.75, 3.05) is 0 Å². The van der Waals surface area contributed by atoms with Crippen LogP contribution in [0.25, 0.3) is 10.9 Å². The lowest BCUT2D eigenvalue weighted by molar-refractivity contribution is -0.142. The number of ether oxygens (including phenoxy) is 1. The molecule has 0 saturated carbocycles. The smallest absolute Gasteiger partial charge is 0.408 e. The van der Waals surface area contributed by atoms with Gasteiger partial charge < -0.3 is 30.6 Å². The third kappa shape index (κ3) is 6.74. The van der Waals surface area contributed by atoms with Gasteiger partial charge in [0.25, 0.3) is 0 Å². The molecule has 0 bridgehead atoms. The summed E-state index contributed by atoms with van der Waals surface area (Å²) in [7, 11) is 0. The van der Waals surface area contributed by atoms with Crippen LogP contribution in [0.3, 0.4) is 0 Å². The number of phenolic OH excluding ortho intramolecular Hbond substituents is 1. The van der Waals surface area contributed by atoms with E-state index in [-0.39, 0.29) is 18.6 Å². The summed E-state index contributed by atoms with van der Waals surface area (Å²) in [6.07, 6.45) is 1.06. The number of carbonyl (C=O) groups excluding carboxylic acids is 2. The second kappa shape index (κ2) is 10.3. The van der Waals surface area contributed by atoms with Crippen LogP contribution in [-0.4, -0.2) is 50.9 Å². The molecule has 1 heterocycles. The van der Waals surface area contributed by atoms with Gasteiger partial charge in [-0.1, -0.05) is 30.3 Å². The van der Waals surface area contributed by atoms with Crippen molar-refractivity contribution in [2.24, 2.45) is 0 Å². The fraction of sp³-hybridized carbons (Fsp3) is 0.320. The number of rotatable bonds is 8. The van der Waals surface area contributed by atoms with Crippen LogP contribution in [0, 0.1) is 0 Å². The third-order valence-electron chi connectivity index (χ3n) is 5.10. The van der Waals surface area contributed by atoms with Crippen molar-refractivity contribution in [1.82, 2.24) is 15.6 Å². The molecule has 0 aliphatic carbocycles. The standard InChI is InChI=1S/C25H29N3O6/c1-25(2,3)34-24(33)28-20(12-15-8-10-17(29)11-9-15)22(30)27-21(23(31)32)13-16-14-26-19-7-5-4-6-18(16)19/h4-11,14,20-21,26,29H,12-13H2,1-3H3,(H,27,30)(H,28,33)(H,31,32)/t20-,21-/m0/s1. The largest absolute Gasteiger partial charge is 0.508 e. The summed E-state index contributed by atoms with van der Waals surface area (Å²) in [4.78, 5) is 40.5. The molecule has 3 rings (SSSR count). The lowest BCUT2D eigenvalue weighted by Gasteiger charge is -2.24. The highest BCUT2D eigenvalue weighted by Gasteiger charge is 2.29. The minimum Gasteiger partial charge on any atom is -0.508 e. The van der Waals surface area contributed by atoms with Crippen molar-refractivity contribution in [3.8, 4) is 5.75 Å². The van der Waals surface area contributed by atoms with Gasteiger partial charge >= 0.3 is 12.1 Å². The SMILES string of the molecule is CC(C)(C)OC(=O)N[C@@H](Cc1ccc(O)cc1)C(=O)N[C@@H](Cc1c[nH]c2ccccc12)C(=O)O. The van der Waals surface area contributed by atoms with Gasteiger partial charge in [0, 0.05) is 29.9 Å². The lowest BCUT2D eigenvalue weighted by atomic mass is 10.0. The number of alkyl carbamates (subject to hydrolysis) is 1. The van der Waals surface area contributed by atoms with Crippen molar-refractivity contribution < 1.29 is 29.3 Å². The second-order valence-corrected chi connectivity index (χ2v) is 9.03. The number of hydrogen-bond acceptors (Lipinski definition) is 5. The number of nitrogens with one attached hydrogen (secondary N) is 3. The zero-order chi connectivity index (χ0) is 24.9. The van der Waals surface area contributed by atoms with Crippen molar-refractivity contribution in [2.45, 2.75) is 51.3 Å². The average molecular weight is 468 g/mol. The molecule has 180 valence electrons. The molecule has 0 aliphatic heterocycles. The molecule has 2 amide bonds. The fourth-order valence-corrected chi connectivity index (χ4v) is 3.52. The molecule has 0 spiro atoms. The molecule has 1 aromatic heterocycles. The average Bonchev–Trinajstić information content (AvgIpc) is 3.16. The van der Waals surface area contributed by atoms with E-state index in [1.165, 1.54) is 12.1 Å². The molecule has 9 nitrogen and oxygen atoms in total. The van der Waals surface area contributed by atoms with E-state index in [4.69, 9.17) is 4.74 Å². The van der Waals surface area contributed by atoms with Gasteiger partial charge in [-0.2, -0.15) is 0 Å². The van der Waals surface area contributed by atoms with Gasteiger partial charge in [0.15, 0.2) is 0 Å². The fourth-order valence-electron chi connectivity index (χ4n) is 3.52. The maximum Gasteiger partial charge on any atom is 0.408 e. The number of aromatic nitrogens is 1.